The van der Waals surface area contributed by atoms with Crippen LogP contribution in [0.25, 0.3) is 10.2 Å². The summed E-state index contributed by atoms with van der Waals surface area (Å²) >= 11 is 8.88. The number of rotatable bonds is 5. The van der Waals surface area contributed by atoms with Gasteiger partial charge in [-0.25, -0.2) is 4.98 Å². The third-order valence-electron chi connectivity index (χ3n) is 5.77. The Morgan fingerprint density at radius 1 is 0.829 bits per heavy atom. The molecule has 0 radical (unpaired) electrons. The van der Waals surface area contributed by atoms with Crippen molar-refractivity contribution in [2.75, 3.05) is 0 Å². The number of carbonyl (C=O) groups excluding carboxylic acids is 2. The molecule has 35 heavy (non-hydrogen) atoms. The Hall–Kier alpha value is -3.45. The van der Waals surface area contributed by atoms with E-state index < -0.39 is 0 Å². The van der Waals surface area contributed by atoms with E-state index in [9.17, 15) is 9.59 Å². The molecule has 0 atom stereocenters. The molecule has 0 saturated carbocycles. The van der Waals surface area contributed by atoms with Gasteiger partial charge in [0.05, 0.1) is 10.2 Å². The maximum absolute atomic E-state index is 13.3. The standard InChI is InChI=1S/C28H16ClNO3S2/c29-17-10-8-16(9-11-17)15-33-18-12-13-22-24(14-18)35-28(30-22)34-23-7-3-6-21-25(23)27(32)20-5-2-1-4-19(20)26(21)31/h1-14H,15H2. The van der Waals surface area contributed by atoms with E-state index in [0.717, 1.165) is 30.8 Å². The first-order valence-corrected chi connectivity index (χ1v) is 12.8. The van der Waals surface area contributed by atoms with Crippen LogP contribution in [0, 0.1) is 0 Å². The zero-order chi connectivity index (χ0) is 23.9. The Bertz CT molecular complexity index is 1630. The second-order valence-corrected chi connectivity index (χ2v) is 10.8. The number of fused-ring (bicyclic) bond motifs is 3. The van der Waals surface area contributed by atoms with Gasteiger partial charge in [-0.3, -0.25) is 9.59 Å². The van der Waals surface area contributed by atoms with Crippen LogP contribution in [0.5, 0.6) is 5.75 Å². The smallest absolute Gasteiger partial charge is 0.195 e. The SMILES string of the molecule is O=C1c2ccccc2C(=O)c2c(Sc3nc4ccc(OCc5ccc(Cl)cc5)cc4s3)cccc21. The van der Waals surface area contributed by atoms with Gasteiger partial charge in [-0.2, -0.15) is 0 Å². The van der Waals surface area contributed by atoms with Crippen LogP contribution in [0.3, 0.4) is 0 Å². The van der Waals surface area contributed by atoms with Gasteiger partial charge in [0.2, 0.25) is 0 Å². The van der Waals surface area contributed by atoms with Crippen molar-refractivity contribution >= 4 is 56.5 Å². The van der Waals surface area contributed by atoms with Gasteiger partial charge in [-0.05, 0) is 42.0 Å². The van der Waals surface area contributed by atoms with E-state index in [-0.39, 0.29) is 11.6 Å². The zero-order valence-corrected chi connectivity index (χ0v) is 20.5. The molecule has 0 N–H and O–H groups in total. The molecule has 6 rings (SSSR count). The van der Waals surface area contributed by atoms with Crippen LogP contribution in [-0.4, -0.2) is 16.6 Å². The molecule has 0 amide bonds. The Labute approximate surface area is 214 Å². The van der Waals surface area contributed by atoms with Crippen molar-refractivity contribution in [3.8, 4) is 5.75 Å². The van der Waals surface area contributed by atoms with Gasteiger partial charge in [0, 0.05) is 32.2 Å². The molecule has 0 unspecified atom stereocenters. The summed E-state index contributed by atoms with van der Waals surface area (Å²) in [6, 6.07) is 25.7. The second kappa shape index (κ2) is 8.96. The van der Waals surface area contributed by atoms with E-state index in [0.29, 0.717) is 33.9 Å². The normalized spacial score (nSPS) is 12.5. The highest BCUT2D eigenvalue weighted by atomic mass is 35.5. The van der Waals surface area contributed by atoms with Crippen molar-refractivity contribution in [3.63, 3.8) is 0 Å². The number of benzene rings is 4. The van der Waals surface area contributed by atoms with Gasteiger partial charge in [0.15, 0.2) is 15.9 Å². The van der Waals surface area contributed by atoms with Crippen LogP contribution in [0.4, 0.5) is 0 Å². The molecule has 0 aliphatic heterocycles. The van der Waals surface area contributed by atoms with E-state index in [2.05, 4.69) is 0 Å². The van der Waals surface area contributed by atoms with Gasteiger partial charge < -0.3 is 4.74 Å². The largest absolute Gasteiger partial charge is 0.489 e. The predicted octanol–water partition coefficient (Wildman–Crippen LogP) is 7.46. The molecule has 1 aliphatic rings. The molecule has 1 aromatic heterocycles. The number of ether oxygens (including phenoxy) is 1. The Morgan fingerprint density at radius 3 is 2.37 bits per heavy atom. The van der Waals surface area contributed by atoms with Crippen molar-refractivity contribution < 1.29 is 14.3 Å². The van der Waals surface area contributed by atoms with E-state index in [1.807, 2.05) is 54.6 Å². The first kappa shape index (κ1) is 22.0. The lowest BCUT2D eigenvalue weighted by Gasteiger charge is -2.19. The van der Waals surface area contributed by atoms with Gasteiger partial charge >= 0.3 is 0 Å². The fourth-order valence-corrected chi connectivity index (χ4v) is 6.40. The summed E-state index contributed by atoms with van der Waals surface area (Å²) in [6.45, 7) is 0.441. The highest BCUT2D eigenvalue weighted by Gasteiger charge is 2.31. The number of hydrogen-bond acceptors (Lipinski definition) is 6. The average Bonchev–Trinajstić information content (AvgIpc) is 3.28. The highest BCUT2D eigenvalue weighted by molar-refractivity contribution is 8.01. The summed E-state index contributed by atoms with van der Waals surface area (Å²) < 4.78 is 7.73. The minimum absolute atomic E-state index is 0.121. The third-order valence-corrected chi connectivity index (χ3v) is 8.16. The fraction of sp³-hybridized carbons (Fsp3) is 0.0357. The monoisotopic (exact) mass is 513 g/mol. The zero-order valence-electron chi connectivity index (χ0n) is 18.2. The quantitative estimate of drug-likeness (QED) is 0.239. The van der Waals surface area contributed by atoms with Crippen LogP contribution < -0.4 is 4.74 Å². The minimum atomic E-state index is -0.128. The molecule has 4 aromatic carbocycles. The molecule has 4 nitrogen and oxygen atoms in total. The van der Waals surface area contributed by atoms with Crippen molar-refractivity contribution in [2.45, 2.75) is 15.8 Å². The first-order chi connectivity index (χ1) is 17.1. The van der Waals surface area contributed by atoms with Crippen LogP contribution in [-0.2, 0) is 6.61 Å². The summed E-state index contributed by atoms with van der Waals surface area (Å²) in [5, 5.41) is 0.694. The topological polar surface area (TPSA) is 56.3 Å². The summed E-state index contributed by atoms with van der Waals surface area (Å²) in [5.41, 5.74) is 3.69. The molecule has 170 valence electrons. The maximum atomic E-state index is 13.3. The molecule has 5 aromatic rings. The van der Waals surface area contributed by atoms with E-state index in [1.54, 1.807) is 30.3 Å². The molecule has 7 heteroatoms. The second-order valence-electron chi connectivity index (χ2n) is 8.01. The van der Waals surface area contributed by atoms with E-state index in [4.69, 9.17) is 21.3 Å². The summed E-state index contributed by atoms with van der Waals surface area (Å²) in [6.07, 6.45) is 0. The number of ketones is 2. The van der Waals surface area contributed by atoms with Gasteiger partial charge in [-0.15, -0.1) is 11.3 Å². The molecule has 0 saturated heterocycles. The number of thiazole rings is 1. The number of aromatic nitrogens is 1. The Balaban J connectivity index is 1.27. The van der Waals surface area contributed by atoms with Crippen LogP contribution in [0.2, 0.25) is 5.02 Å². The lowest BCUT2D eigenvalue weighted by atomic mass is 9.84. The van der Waals surface area contributed by atoms with E-state index in [1.165, 1.54) is 23.1 Å². The fourth-order valence-electron chi connectivity index (χ4n) is 4.06. The van der Waals surface area contributed by atoms with Crippen LogP contribution in [0.15, 0.2) is 94.2 Å². The third kappa shape index (κ3) is 4.14. The number of nitrogens with zero attached hydrogens (tertiary/aromatic N) is 1. The molecular weight excluding hydrogens is 498 g/mol. The number of hydrogen-bond donors (Lipinski definition) is 0. The average molecular weight is 514 g/mol. The van der Waals surface area contributed by atoms with Gasteiger partial charge in [-0.1, -0.05) is 71.9 Å². The summed E-state index contributed by atoms with van der Waals surface area (Å²) in [4.78, 5) is 31.8. The van der Waals surface area contributed by atoms with Crippen molar-refractivity contribution in [1.29, 1.82) is 0 Å². The molecule has 0 spiro atoms. The maximum Gasteiger partial charge on any atom is 0.195 e. The van der Waals surface area contributed by atoms with Gasteiger partial charge in [0.25, 0.3) is 0 Å². The van der Waals surface area contributed by atoms with Crippen molar-refractivity contribution in [2.24, 2.45) is 0 Å². The first-order valence-electron chi connectivity index (χ1n) is 10.8. The Kier molecular flexibility index (Phi) is 5.65. The summed E-state index contributed by atoms with van der Waals surface area (Å²) in [7, 11) is 0. The van der Waals surface area contributed by atoms with Crippen molar-refractivity contribution in [3.05, 3.63) is 118 Å². The minimum Gasteiger partial charge on any atom is -0.489 e. The number of halogens is 1. The lowest BCUT2D eigenvalue weighted by molar-refractivity contribution is 0.0977. The van der Waals surface area contributed by atoms with Crippen LogP contribution in [0.1, 0.15) is 37.4 Å². The highest BCUT2D eigenvalue weighted by Crippen LogP contribution is 2.40. The van der Waals surface area contributed by atoms with E-state index >= 15 is 0 Å². The molecule has 1 aliphatic carbocycles. The summed E-state index contributed by atoms with van der Waals surface area (Å²) in [5.74, 6) is 0.504. The molecule has 1 heterocycles. The Morgan fingerprint density at radius 2 is 1.57 bits per heavy atom. The van der Waals surface area contributed by atoms with Crippen molar-refractivity contribution in [1.82, 2.24) is 4.98 Å². The molecular formula is C28H16ClNO3S2. The predicted molar refractivity (Wildman–Crippen MR) is 139 cm³/mol. The number of carbonyl (C=O) groups is 2. The lowest BCUT2D eigenvalue weighted by Crippen LogP contribution is -2.21. The van der Waals surface area contributed by atoms with Gasteiger partial charge in [0.1, 0.15) is 12.4 Å². The molecule has 0 fully saturated rings. The van der Waals surface area contributed by atoms with Crippen LogP contribution >= 0.6 is 34.7 Å². The molecule has 0 bridgehead atoms.